The summed E-state index contributed by atoms with van der Waals surface area (Å²) in [6.45, 7) is 1.88. The van der Waals surface area contributed by atoms with Crippen molar-refractivity contribution in [1.29, 1.82) is 0 Å². The third kappa shape index (κ3) is 1.46. The van der Waals surface area contributed by atoms with Crippen LogP contribution in [0.3, 0.4) is 0 Å². The molecule has 1 radical (unpaired) electrons. The fraction of sp³-hybridized carbons (Fsp3) is 1.00. The van der Waals surface area contributed by atoms with Crippen LogP contribution in [-0.4, -0.2) is 35.7 Å². The van der Waals surface area contributed by atoms with Crippen molar-refractivity contribution in [2.75, 3.05) is 13.2 Å². The topological polar surface area (TPSA) is 18.5 Å². The van der Waals surface area contributed by atoms with Crippen LogP contribution < -0.4 is 0 Å². The second-order valence-electron chi connectivity index (χ2n) is 1.09. The first-order valence-corrected chi connectivity index (χ1v) is 4.03. The standard InChI is InChI=1S/C3H6O2.Sb/c4-2-1-3-5;/h1-3H2;/q-2;+2. The van der Waals surface area contributed by atoms with Gasteiger partial charge in [0, 0.05) is 0 Å². The third-order valence-electron chi connectivity index (χ3n) is 0.577. The monoisotopic (exact) mass is 195 g/mol. The van der Waals surface area contributed by atoms with Crippen LogP contribution in [0, 0.1) is 0 Å². The van der Waals surface area contributed by atoms with Gasteiger partial charge >= 0.3 is 48.1 Å². The van der Waals surface area contributed by atoms with E-state index in [0.717, 1.165) is 19.6 Å². The van der Waals surface area contributed by atoms with Crippen LogP contribution in [-0.2, 0) is 6.03 Å². The number of hydrogen-bond donors (Lipinski definition) is 0. The molecule has 1 aliphatic heterocycles. The van der Waals surface area contributed by atoms with Gasteiger partial charge in [0.15, 0.2) is 0 Å². The first-order valence-electron chi connectivity index (χ1n) is 1.94. The summed E-state index contributed by atoms with van der Waals surface area (Å²) in [4.78, 5) is 0. The normalized spacial score (nSPS) is 24.0. The predicted octanol–water partition coefficient (Wildman–Crippen LogP) is -0.0425. The molecule has 0 aromatic heterocycles. The van der Waals surface area contributed by atoms with Gasteiger partial charge in [-0.2, -0.15) is 0 Å². The molecule has 0 unspecified atom stereocenters. The first kappa shape index (κ1) is 4.89. The molecule has 0 aromatic carbocycles. The Balaban J connectivity index is 2.00. The van der Waals surface area contributed by atoms with Gasteiger partial charge in [-0.1, -0.05) is 0 Å². The molecule has 35 valence electrons. The van der Waals surface area contributed by atoms with E-state index < -0.39 is 22.5 Å². The molecule has 1 saturated heterocycles. The summed E-state index contributed by atoms with van der Waals surface area (Å²) in [6, 6.07) is 0. The Kier molecular flexibility index (Phi) is 2.31. The van der Waals surface area contributed by atoms with Crippen LogP contribution in [0.5, 0.6) is 0 Å². The molecule has 0 amide bonds. The van der Waals surface area contributed by atoms with Crippen molar-refractivity contribution in [3.8, 4) is 0 Å². The predicted molar refractivity (Wildman–Crippen MR) is 22.3 cm³/mol. The molecule has 0 aromatic rings. The minimum atomic E-state index is -0.571. The molecule has 1 rings (SSSR count). The summed E-state index contributed by atoms with van der Waals surface area (Å²) in [5, 5.41) is 0. The van der Waals surface area contributed by atoms with Gasteiger partial charge in [0.25, 0.3) is 0 Å². The number of hydrogen-bond acceptors (Lipinski definition) is 2. The Bertz CT molecular complexity index is 24.3. The zero-order valence-electron chi connectivity index (χ0n) is 3.39. The zero-order valence-corrected chi connectivity index (χ0v) is 5.94. The molecule has 0 aliphatic carbocycles. The van der Waals surface area contributed by atoms with Gasteiger partial charge in [0.05, 0.1) is 0 Å². The fourth-order valence-electron chi connectivity index (χ4n) is 0.300. The van der Waals surface area contributed by atoms with E-state index in [9.17, 15) is 0 Å². The van der Waals surface area contributed by atoms with E-state index in [0.29, 0.717) is 0 Å². The van der Waals surface area contributed by atoms with Crippen LogP contribution in [0.25, 0.3) is 0 Å². The summed E-state index contributed by atoms with van der Waals surface area (Å²) >= 11 is -0.571. The van der Waals surface area contributed by atoms with Crippen molar-refractivity contribution in [3.05, 3.63) is 0 Å². The molecular weight excluding hydrogens is 190 g/mol. The van der Waals surface area contributed by atoms with E-state index in [1.54, 1.807) is 0 Å². The maximum absolute atomic E-state index is 5.00. The molecule has 0 spiro atoms. The molecule has 0 saturated carbocycles. The molecule has 2 nitrogen and oxygen atoms in total. The van der Waals surface area contributed by atoms with Crippen molar-refractivity contribution in [3.63, 3.8) is 0 Å². The molecule has 0 N–H and O–H groups in total. The van der Waals surface area contributed by atoms with E-state index in [4.69, 9.17) is 6.03 Å². The third-order valence-corrected chi connectivity index (χ3v) is 2.22. The average molecular weight is 196 g/mol. The van der Waals surface area contributed by atoms with Crippen LogP contribution >= 0.6 is 0 Å². The second-order valence-corrected chi connectivity index (χ2v) is 2.99. The quantitative estimate of drug-likeness (QED) is 0.506. The SMILES string of the molecule is C1C[O][Sb][O]C1. The molecule has 0 bridgehead atoms. The summed E-state index contributed by atoms with van der Waals surface area (Å²) in [7, 11) is 0. The Morgan fingerprint density at radius 2 is 1.83 bits per heavy atom. The van der Waals surface area contributed by atoms with Crippen molar-refractivity contribution in [2.45, 2.75) is 6.42 Å². The van der Waals surface area contributed by atoms with Crippen LogP contribution in [0.2, 0.25) is 0 Å². The van der Waals surface area contributed by atoms with Gasteiger partial charge < -0.3 is 0 Å². The van der Waals surface area contributed by atoms with E-state index in [-0.39, 0.29) is 0 Å². The van der Waals surface area contributed by atoms with E-state index >= 15 is 0 Å². The molecular formula is C3H6O2Sb. The van der Waals surface area contributed by atoms with Crippen LogP contribution in [0.15, 0.2) is 0 Å². The minimum absolute atomic E-state index is 0.571. The molecule has 1 heterocycles. The Labute approximate surface area is 48.5 Å². The Morgan fingerprint density at radius 3 is 2.00 bits per heavy atom. The van der Waals surface area contributed by atoms with Crippen molar-refractivity contribution >= 4 is 22.5 Å². The van der Waals surface area contributed by atoms with E-state index in [2.05, 4.69) is 0 Å². The van der Waals surface area contributed by atoms with Gasteiger partial charge in [-0.25, -0.2) is 0 Å². The molecule has 1 fully saturated rings. The summed E-state index contributed by atoms with van der Waals surface area (Å²) < 4.78 is 9.99. The van der Waals surface area contributed by atoms with E-state index in [1.165, 1.54) is 0 Å². The van der Waals surface area contributed by atoms with Gasteiger partial charge in [0.2, 0.25) is 0 Å². The Morgan fingerprint density at radius 1 is 1.17 bits per heavy atom. The van der Waals surface area contributed by atoms with Crippen molar-refractivity contribution in [1.82, 2.24) is 0 Å². The zero-order chi connectivity index (χ0) is 4.24. The fourth-order valence-corrected chi connectivity index (χ4v) is 1.67. The Hall–Kier alpha value is 0.738. The molecule has 0 atom stereocenters. The average Bonchev–Trinajstić information content (AvgIpc) is 1.72. The van der Waals surface area contributed by atoms with Crippen LogP contribution in [0.1, 0.15) is 6.42 Å². The summed E-state index contributed by atoms with van der Waals surface area (Å²) in [5.74, 6) is 0. The molecule has 3 heteroatoms. The first-order chi connectivity index (χ1) is 3.00. The van der Waals surface area contributed by atoms with Gasteiger partial charge in [-0.15, -0.1) is 0 Å². The second kappa shape index (κ2) is 2.84. The van der Waals surface area contributed by atoms with Crippen molar-refractivity contribution < 1.29 is 6.03 Å². The van der Waals surface area contributed by atoms with Gasteiger partial charge in [-0.05, 0) is 0 Å². The van der Waals surface area contributed by atoms with E-state index in [1.807, 2.05) is 0 Å². The molecule has 6 heavy (non-hydrogen) atoms. The van der Waals surface area contributed by atoms with Crippen LogP contribution in [0.4, 0.5) is 0 Å². The maximum atomic E-state index is 5.00. The van der Waals surface area contributed by atoms with Crippen molar-refractivity contribution in [2.24, 2.45) is 0 Å². The van der Waals surface area contributed by atoms with Gasteiger partial charge in [0.1, 0.15) is 0 Å². The summed E-state index contributed by atoms with van der Waals surface area (Å²) in [6.07, 6.45) is 1.09. The molecule has 1 aliphatic rings. The number of rotatable bonds is 0. The van der Waals surface area contributed by atoms with Gasteiger partial charge in [-0.3, -0.25) is 0 Å². The summed E-state index contributed by atoms with van der Waals surface area (Å²) in [5.41, 5.74) is 0.